The number of rotatable bonds is 5. The van der Waals surface area contributed by atoms with Crippen LogP contribution in [0.15, 0.2) is 0 Å². The van der Waals surface area contributed by atoms with Crippen LogP contribution in [-0.4, -0.2) is 39.5 Å². The van der Waals surface area contributed by atoms with E-state index in [1.54, 1.807) is 19.6 Å². The molecule has 0 radical (unpaired) electrons. The van der Waals surface area contributed by atoms with E-state index in [0.717, 1.165) is 0 Å². The Labute approximate surface area is 75.0 Å². The Morgan fingerprint density at radius 1 is 1.33 bits per heavy atom. The fourth-order valence-corrected chi connectivity index (χ4v) is 6.08. The van der Waals surface area contributed by atoms with Gasteiger partial charge in [-0.25, -0.2) is 0 Å². The Balaban J connectivity index is 3.86. The number of hydrogen-bond donors (Lipinski definition) is 4. The van der Waals surface area contributed by atoms with E-state index in [1.165, 1.54) is 0 Å². The average molecular weight is 210 g/mol. The van der Waals surface area contributed by atoms with Crippen molar-refractivity contribution in [2.75, 3.05) is 12.8 Å². The van der Waals surface area contributed by atoms with E-state index in [4.69, 9.17) is 9.85 Å². The molecule has 0 rings (SSSR count). The van der Waals surface area contributed by atoms with E-state index in [9.17, 15) is 9.59 Å². The first-order valence-electron chi connectivity index (χ1n) is 3.82. The van der Waals surface area contributed by atoms with E-state index < -0.39 is 17.1 Å². The van der Waals surface area contributed by atoms with Gasteiger partial charge in [0.1, 0.15) is 0 Å². The van der Waals surface area contributed by atoms with Crippen molar-refractivity contribution in [1.29, 1.82) is 0 Å². The number of nitrogens with one attached hydrogen (secondary N) is 1. The quantitative estimate of drug-likeness (QED) is 0.338. The number of nitrogens with two attached hydrogens (primary N) is 1. The summed E-state index contributed by atoms with van der Waals surface area (Å²) in [4.78, 5) is 19.0. The molecule has 0 aliphatic heterocycles. The molecule has 5 N–H and O–H groups in total. The Kier molecular flexibility index (Phi) is 4.55. The lowest BCUT2D eigenvalue weighted by Crippen LogP contribution is -2.53. The molecule has 0 aliphatic carbocycles. The maximum absolute atomic E-state index is 9.65. The predicted octanol–water partition coefficient (Wildman–Crippen LogP) is -1.19. The largest absolute Gasteiger partial charge is 0.414 e. The van der Waals surface area contributed by atoms with Crippen LogP contribution in [-0.2, 0) is 4.12 Å². The van der Waals surface area contributed by atoms with E-state index in [1.807, 2.05) is 0 Å². The summed E-state index contributed by atoms with van der Waals surface area (Å²) in [5.74, 6) is 0. The van der Waals surface area contributed by atoms with Gasteiger partial charge in [-0.1, -0.05) is 0 Å². The molecule has 0 saturated carbocycles. The first-order valence-corrected chi connectivity index (χ1v) is 9.24. The third-order valence-electron chi connectivity index (χ3n) is 1.07. The summed E-state index contributed by atoms with van der Waals surface area (Å²) in [6, 6.07) is 0. The molecule has 7 heteroatoms. The molecule has 0 aromatic carbocycles. The molecular weight excluding hydrogens is 192 g/mol. The van der Waals surface area contributed by atoms with Crippen LogP contribution in [0.2, 0.25) is 19.6 Å². The molecule has 0 aromatic rings. The van der Waals surface area contributed by atoms with Gasteiger partial charge in [-0.05, 0) is 19.6 Å². The Bertz CT molecular complexity index is 137. The molecule has 5 nitrogen and oxygen atoms in total. The van der Waals surface area contributed by atoms with E-state index >= 15 is 0 Å². The highest BCUT2D eigenvalue weighted by molar-refractivity contribution is 6.78. The standard InChI is InChI=1S/C5H18N2O3Si2/c1-11(2,8)10-12(3,9)5-7-4-6/h7-9H,4-6H2,1-3H3. The number of hydrogen-bond acceptors (Lipinski definition) is 5. The Hall–Kier alpha value is 0.234. The predicted molar refractivity (Wildman–Crippen MR) is 51.7 cm³/mol. The van der Waals surface area contributed by atoms with Crippen molar-refractivity contribution in [3.05, 3.63) is 0 Å². The summed E-state index contributed by atoms with van der Waals surface area (Å²) in [5.41, 5.74) is 5.19. The van der Waals surface area contributed by atoms with E-state index in [2.05, 4.69) is 5.32 Å². The lowest BCUT2D eigenvalue weighted by molar-refractivity contribution is 0.311. The summed E-state index contributed by atoms with van der Waals surface area (Å²) >= 11 is 0. The lowest BCUT2D eigenvalue weighted by Gasteiger charge is -2.27. The summed E-state index contributed by atoms with van der Waals surface area (Å²) in [5, 5.41) is 2.79. The molecule has 12 heavy (non-hydrogen) atoms. The van der Waals surface area contributed by atoms with Crippen LogP contribution in [0.1, 0.15) is 0 Å². The van der Waals surface area contributed by atoms with Crippen molar-refractivity contribution in [2.45, 2.75) is 19.6 Å². The zero-order valence-corrected chi connectivity index (χ0v) is 9.79. The fourth-order valence-electron chi connectivity index (χ4n) is 0.878. The normalized spacial score (nSPS) is 17.5. The molecule has 0 bridgehead atoms. The molecule has 1 unspecified atom stereocenters. The van der Waals surface area contributed by atoms with Gasteiger partial charge in [0.25, 0.3) is 0 Å². The minimum absolute atomic E-state index is 0.305. The van der Waals surface area contributed by atoms with Crippen molar-refractivity contribution < 1.29 is 13.7 Å². The first kappa shape index (κ1) is 12.2. The summed E-state index contributed by atoms with van der Waals surface area (Å²) < 4.78 is 5.20. The topological polar surface area (TPSA) is 87.7 Å². The van der Waals surface area contributed by atoms with Gasteiger partial charge >= 0.3 is 17.1 Å². The van der Waals surface area contributed by atoms with Crippen LogP contribution in [0.5, 0.6) is 0 Å². The van der Waals surface area contributed by atoms with Crippen LogP contribution in [0, 0.1) is 0 Å². The highest BCUT2D eigenvalue weighted by atomic mass is 28.5. The first-order chi connectivity index (χ1) is 5.27. The molecule has 74 valence electrons. The Morgan fingerprint density at radius 2 is 1.83 bits per heavy atom. The van der Waals surface area contributed by atoms with Crippen molar-refractivity contribution >= 4 is 17.1 Å². The second-order valence-electron chi connectivity index (χ2n) is 3.35. The SMILES string of the molecule is C[Si](C)(O)O[Si](C)(O)CNCN. The molecule has 0 fully saturated rings. The van der Waals surface area contributed by atoms with E-state index in [0.29, 0.717) is 12.8 Å². The van der Waals surface area contributed by atoms with Crippen LogP contribution >= 0.6 is 0 Å². The van der Waals surface area contributed by atoms with Gasteiger partial charge in [0.05, 0.1) is 0 Å². The molecule has 0 heterocycles. The summed E-state index contributed by atoms with van der Waals surface area (Å²) in [6.07, 6.45) is 0.348. The minimum Gasteiger partial charge on any atom is -0.414 e. The van der Waals surface area contributed by atoms with Gasteiger partial charge in [-0.15, -0.1) is 0 Å². The molecule has 0 aromatic heterocycles. The van der Waals surface area contributed by atoms with Crippen LogP contribution in [0.3, 0.4) is 0 Å². The fraction of sp³-hybridized carbons (Fsp3) is 1.00. The zero-order valence-electron chi connectivity index (χ0n) is 7.79. The maximum Gasteiger partial charge on any atom is 0.337 e. The van der Waals surface area contributed by atoms with Gasteiger partial charge in [0.2, 0.25) is 0 Å². The van der Waals surface area contributed by atoms with Crippen molar-refractivity contribution in [2.24, 2.45) is 5.73 Å². The summed E-state index contributed by atoms with van der Waals surface area (Å²) in [7, 11) is -5.35. The molecular formula is C5H18N2O3Si2. The van der Waals surface area contributed by atoms with Crippen LogP contribution in [0.25, 0.3) is 0 Å². The van der Waals surface area contributed by atoms with Crippen LogP contribution in [0.4, 0.5) is 0 Å². The van der Waals surface area contributed by atoms with Gasteiger partial charge < -0.3 is 24.8 Å². The van der Waals surface area contributed by atoms with Gasteiger partial charge in [-0.2, -0.15) is 0 Å². The van der Waals surface area contributed by atoms with Gasteiger partial charge in [-0.3, -0.25) is 0 Å². The van der Waals surface area contributed by atoms with Crippen molar-refractivity contribution in [3.63, 3.8) is 0 Å². The molecule has 0 spiro atoms. The molecule has 0 aliphatic rings. The molecule has 1 atom stereocenters. The van der Waals surface area contributed by atoms with Crippen molar-refractivity contribution in [3.8, 4) is 0 Å². The second-order valence-corrected chi connectivity index (χ2v) is 9.77. The maximum atomic E-state index is 9.65. The van der Waals surface area contributed by atoms with Crippen LogP contribution < -0.4 is 11.1 Å². The highest BCUT2D eigenvalue weighted by Crippen LogP contribution is 2.07. The molecule has 0 amide bonds. The monoisotopic (exact) mass is 210 g/mol. The highest BCUT2D eigenvalue weighted by Gasteiger charge is 2.34. The average Bonchev–Trinajstić information content (AvgIpc) is 1.78. The second kappa shape index (κ2) is 4.46. The Morgan fingerprint density at radius 3 is 2.17 bits per heavy atom. The third kappa shape index (κ3) is 6.91. The van der Waals surface area contributed by atoms with E-state index in [-0.39, 0.29) is 0 Å². The smallest absolute Gasteiger partial charge is 0.337 e. The van der Waals surface area contributed by atoms with Gasteiger partial charge in [0.15, 0.2) is 0 Å². The van der Waals surface area contributed by atoms with Crippen molar-refractivity contribution in [1.82, 2.24) is 5.32 Å². The lowest BCUT2D eigenvalue weighted by atomic mass is 11.1. The zero-order chi connectivity index (χ0) is 9.83. The third-order valence-corrected chi connectivity index (χ3v) is 5.73. The molecule has 0 saturated heterocycles. The summed E-state index contributed by atoms with van der Waals surface area (Å²) in [6.45, 7) is 5.17. The van der Waals surface area contributed by atoms with Gasteiger partial charge in [0, 0.05) is 12.8 Å². The minimum atomic E-state index is -2.74.